The van der Waals surface area contributed by atoms with Crippen LogP contribution in [-0.2, 0) is 11.2 Å². The fraction of sp³-hybridized carbons (Fsp3) is 0.357. The number of H-pyrrole nitrogens is 1. The van der Waals surface area contributed by atoms with Crippen LogP contribution in [0.5, 0.6) is 5.75 Å². The highest BCUT2D eigenvalue weighted by atomic mass is 16.3. The van der Waals surface area contributed by atoms with Gasteiger partial charge in [-0.05, 0) is 24.1 Å². The van der Waals surface area contributed by atoms with Crippen LogP contribution in [0.15, 0.2) is 24.4 Å². The molecule has 0 spiro atoms. The summed E-state index contributed by atoms with van der Waals surface area (Å²) in [6.07, 6.45) is 2.70. The summed E-state index contributed by atoms with van der Waals surface area (Å²) >= 11 is 0. The van der Waals surface area contributed by atoms with Gasteiger partial charge in [0.2, 0.25) is 5.91 Å². The minimum absolute atomic E-state index is 0.0184. The molecule has 0 aliphatic heterocycles. The van der Waals surface area contributed by atoms with Gasteiger partial charge in [0.15, 0.2) is 0 Å². The third kappa shape index (κ3) is 2.64. The number of phenolic OH excluding ortho intramolecular Hbond substituents is 1. The minimum atomic E-state index is 0.0184. The summed E-state index contributed by atoms with van der Waals surface area (Å²) in [6.45, 7) is 4.39. The molecule has 18 heavy (non-hydrogen) atoms. The quantitative estimate of drug-likeness (QED) is 0.774. The van der Waals surface area contributed by atoms with Crippen molar-refractivity contribution in [1.29, 1.82) is 0 Å². The number of rotatable bonds is 4. The number of aromatic amines is 1. The zero-order valence-electron chi connectivity index (χ0n) is 10.7. The number of hydrogen-bond acceptors (Lipinski definition) is 2. The summed E-state index contributed by atoms with van der Waals surface area (Å²) in [7, 11) is 0. The Morgan fingerprint density at radius 3 is 2.94 bits per heavy atom. The molecule has 3 N–H and O–H groups in total. The Balaban J connectivity index is 2.02. The first-order chi connectivity index (χ1) is 8.58. The summed E-state index contributed by atoms with van der Waals surface area (Å²) in [5.41, 5.74) is 2.06. The average Bonchev–Trinajstić information content (AvgIpc) is 2.71. The molecule has 0 radical (unpaired) electrons. The van der Waals surface area contributed by atoms with Gasteiger partial charge in [0, 0.05) is 35.6 Å². The van der Waals surface area contributed by atoms with Gasteiger partial charge >= 0.3 is 0 Å². The second-order valence-electron chi connectivity index (χ2n) is 4.74. The SMILES string of the molecule is CC(C)C(=O)NCCc1c[nH]c2cc(O)ccc12. The largest absolute Gasteiger partial charge is 0.508 e. The molecule has 0 saturated heterocycles. The van der Waals surface area contributed by atoms with Crippen molar-refractivity contribution in [1.82, 2.24) is 10.3 Å². The van der Waals surface area contributed by atoms with Crippen molar-refractivity contribution in [2.75, 3.05) is 6.54 Å². The van der Waals surface area contributed by atoms with E-state index in [1.807, 2.05) is 26.1 Å². The molecule has 0 aliphatic carbocycles. The Morgan fingerprint density at radius 2 is 2.22 bits per heavy atom. The molecule has 2 aromatic rings. The Kier molecular flexibility index (Phi) is 3.55. The first-order valence-electron chi connectivity index (χ1n) is 6.14. The van der Waals surface area contributed by atoms with Crippen molar-refractivity contribution in [3.8, 4) is 5.75 Å². The number of carbonyl (C=O) groups excluding carboxylic acids is 1. The van der Waals surface area contributed by atoms with Gasteiger partial charge in [0.1, 0.15) is 5.75 Å². The number of nitrogens with one attached hydrogen (secondary N) is 2. The highest BCUT2D eigenvalue weighted by Crippen LogP contribution is 2.22. The summed E-state index contributed by atoms with van der Waals surface area (Å²) in [5, 5.41) is 13.4. The van der Waals surface area contributed by atoms with Crippen LogP contribution in [0.1, 0.15) is 19.4 Å². The molecular weight excluding hydrogens is 228 g/mol. The lowest BCUT2D eigenvalue weighted by molar-refractivity contribution is -0.123. The molecule has 1 amide bonds. The van der Waals surface area contributed by atoms with Crippen molar-refractivity contribution in [2.24, 2.45) is 5.92 Å². The van der Waals surface area contributed by atoms with Gasteiger partial charge in [-0.3, -0.25) is 4.79 Å². The second kappa shape index (κ2) is 5.12. The van der Waals surface area contributed by atoms with Crippen LogP contribution >= 0.6 is 0 Å². The number of aromatic hydroxyl groups is 1. The molecule has 1 heterocycles. The number of hydrogen-bond donors (Lipinski definition) is 3. The van der Waals surface area contributed by atoms with Crippen molar-refractivity contribution in [2.45, 2.75) is 20.3 Å². The van der Waals surface area contributed by atoms with Gasteiger partial charge in [-0.2, -0.15) is 0 Å². The van der Waals surface area contributed by atoms with Crippen molar-refractivity contribution < 1.29 is 9.90 Å². The summed E-state index contributed by atoms with van der Waals surface area (Å²) in [5.74, 6) is 0.349. The normalized spacial score (nSPS) is 11.1. The van der Waals surface area contributed by atoms with E-state index in [2.05, 4.69) is 10.3 Å². The van der Waals surface area contributed by atoms with Gasteiger partial charge < -0.3 is 15.4 Å². The zero-order valence-corrected chi connectivity index (χ0v) is 10.7. The van der Waals surface area contributed by atoms with Gasteiger partial charge in [0.25, 0.3) is 0 Å². The van der Waals surface area contributed by atoms with Gasteiger partial charge in [0.05, 0.1) is 0 Å². The Bertz CT molecular complexity index is 558. The molecule has 1 aromatic heterocycles. The van der Waals surface area contributed by atoms with E-state index < -0.39 is 0 Å². The fourth-order valence-electron chi connectivity index (χ4n) is 1.91. The van der Waals surface area contributed by atoms with Crippen LogP contribution in [0.4, 0.5) is 0 Å². The predicted molar refractivity (Wildman–Crippen MR) is 71.5 cm³/mol. The molecule has 4 nitrogen and oxygen atoms in total. The smallest absolute Gasteiger partial charge is 0.222 e. The molecular formula is C14H18N2O2. The van der Waals surface area contributed by atoms with Gasteiger partial charge in [-0.1, -0.05) is 13.8 Å². The van der Waals surface area contributed by atoms with Crippen LogP contribution in [0.3, 0.4) is 0 Å². The maximum atomic E-state index is 11.4. The summed E-state index contributed by atoms with van der Waals surface area (Å²) in [6, 6.07) is 5.26. The molecule has 4 heteroatoms. The standard InChI is InChI=1S/C14H18N2O2/c1-9(2)14(18)15-6-5-10-8-16-13-7-11(17)3-4-12(10)13/h3-4,7-9,16-17H,5-6H2,1-2H3,(H,15,18). The van der Waals surface area contributed by atoms with E-state index in [1.165, 1.54) is 0 Å². The predicted octanol–water partition coefficient (Wildman–Crippen LogP) is 2.19. The maximum Gasteiger partial charge on any atom is 0.222 e. The lowest BCUT2D eigenvalue weighted by Gasteiger charge is -2.06. The van der Waals surface area contributed by atoms with E-state index in [9.17, 15) is 9.90 Å². The minimum Gasteiger partial charge on any atom is -0.508 e. The first kappa shape index (κ1) is 12.5. The molecule has 1 aromatic carbocycles. The molecule has 0 bridgehead atoms. The Hall–Kier alpha value is -1.97. The van der Waals surface area contributed by atoms with E-state index in [4.69, 9.17) is 0 Å². The first-order valence-corrected chi connectivity index (χ1v) is 6.14. The van der Waals surface area contributed by atoms with Crippen LogP contribution in [0, 0.1) is 5.92 Å². The van der Waals surface area contributed by atoms with Crippen molar-refractivity contribution in [3.05, 3.63) is 30.0 Å². The highest BCUT2D eigenvalue weighted by molar-refractivity contribution is 5.84. The van der Waals surface area contributed by atoms with Gasteiger partial charge in [-0.25, -0.2) is 0 Å². The van der Waals surface area contributed by atoms with E-state index in [1.54, 1.807) is 12.1 Å². The number of benzene rings is 1. The van der Waals surface area contributed by atoms with E-state index in [0.717, 1.165) is 22.9 Å². The third-order valence-corrected chi connectivity index (χ3v) is 2.97. The summed E-state index contributed by atoms with van der Waals surface area (Å²) < 4.78 is 0. The number of fused-ring (bicyclic) bond motifs is 1. The number of amides is 1. The maximum absolute atomic E-state index is 11.4. The van der Waals surface area contributed by atoms with Crippen LogP contribution in [0.25, 0.3) is 10.9 Å². The Morgan fingerprint density at radius 1 is 1.44 bits per heavy atom. The number of carbonyl (C=O) groups is 1. The molecule has 96 valence electrons. The molecule has 0 aliphatic rings. The lowest BCUT2D eigenvalue weighted by Crippen LogP contribution is -2.29. The van der Waals surface area contributed by atoms with E-state index in [-0.39, 0.29) is 17.6 Å². The molecule has 0 atom stereocenters. The number of phenols is 1. The van der Waals surface area contributed by atoms with Crippen LogP contribution < -0.4 is 5.32 Å². The average molecular weight is 246 g/mol. The van der Waals surface area contributed by atoms with Crippen molar-refractivity contribution >= 4 is 16.8 Å². The van der Waals surface area contributed by atoms with Crippen LogP contribution in [-0.4, -0.2) is 22.5 Å². The molecule has 2 rings (SSSR count). The van der Waals surface area contributed by atoms with Crippen LogP contribution in [0.2, 0.25) is 0 Å². The Labute approximate surface area is 106 Å². The van der Waals surface area contributed by atoms with E-state index in [0.29, 0.717) is 6.54 Å². The zero-order chi connectivity index (χ0) is 13.1. The molecule has 0 unspecified atom stereocenters. The highest BCUT2D eigenvalue weighted by Gasteiger charge is 2.07. The topological polar surface area (TPSA) is 65.1 Å². The lowest BCUT2D eigenvalue weighted by atomic mass is 10.1. The number of aromatic nitrogens is 1. The molecule has 0 fully saturated rings. The monoisotopic (exact) mass is 246 g/mol. The molecule has 0 saturated carbocycles. The second-order valence-corrected chi connectivity index (χ2v) is 4.74. The van der Waals surface area contributed by atoms with E-state index >= 15 is 0 Å². The third-order valence-electron chi connectivity index (χ3n) is 2.97. The van der Waals surface area contributed by atoms with Crippen molar-refractivity contribution in [3.63, 3.8) is 0 Å². The summed E-state index contributed by atoms with van der Waals surface area (Å²) in [4.78, 5) is 14.5. The fourth-order valence-corrected chi connectivity index (χ4v) is 1.91. The van der Waals surface area contributed by atoms with Gasteiger partial charge in [-0.15, -0.1) is 0 Å².